The van der Waals surface area contributed by atoms with Crippen LogP contribution in [0, 0.1) is 5.92 Å². The molecular formula is C15H20N4OS. The number of thioether (sulfide) groups is 1. The Bertz CT molecular complexity index is 623. The lowest BCUT2D eigenvalue weighted by Gasteiger charge is -2.21. The number of fused-ring (bicyclic) bond motifs is 1. The number of rotatable bonds is 7. The van der Waals surface area contributed by atoms with Crippen LogP contribution in [0.4, 0.5) is 0 Å². The molecule has 2 aromatic heterocycles. The first kappa shape index (κ1) is 14.4. The third-order valence-electron chi connectivity index (χ3n) is 3.63. The van der Waals surface area contributed by atoms with Crippen LogP contribution in [0.1, 0.15) is 26.2 Å². The van der Waals surface area contributed by atoms with Crippen LogP contribution in [0.2, 0.25) is 0 Å². The van der Waals surface area contributed by atoms with Gasteiger partial charge in [0, 0.05) is 19.3 Å². The monoisotopic (exact) mass is 304 g/mol. The van der Waals surface area contributed by atoms with Gasteiger partial charge in [0.05, 0.1) is 5.75 Å². The number of carbonyl (C=O) groups is 1. The highest BCUT2D eigenvalue weighted by Gasteiger charge is 2.26. The van der Waals surface area contributed by atoms with Gasteiger partial charge in [0.1, 0.15) is 0 Å². The maximum Gasteiger partial charge on any atom is 0.233 e. The zero-order valence-corrected chi connectivity index (χ0v) is 13.1. The Labute approximate surface area is 128 Å². The van der Waals surface area contributed by atoms with Crippen LogP contribution in [0.25, 0.3) is 5.65 Å². The van der Waals surface area contributed by atoms with Gasteiger partial charge < -0.3 is 4.90 Å². The third-order valence-corrected chi connectivity index (χ3v) is 4.56. The van der Waals surface area contributed by atoms with E-state index >= 15 is 0 Å². The Hall–Kier alpha value is -1.56. The molecule has 0 saturated heterocycles. The summed E-state index contributed by atoms with van der Waals surface area (Å²) in [5.41, 5.74) is 0.816. The van der Waals surface area contributed by atoms with Gasteiger partial charge in [-0.05, 0) is 37.3 Å². The van der Waals surface area contributed by atoms with E-state index in [-0.39, 0.29) is 5.91 Å². The van der Waals surface area contributed by atoms with Crippen LogP contribution in [0.15, 0.2) is 29.6 Å². The van der Waals surface area contributed by atoms with Crippen molar-refractivity contribution in [1.82, 2.24) is 19.5 Å². The van der Waals surface area contributed by atoms with Crippen molar-refractivity contribution >= 4 is 23.3 Å². The predicted molar refractivity (Wildman–Crippen MR) is 83.3 cm³/mol. The van der Waals surface area contributed by atoms with Crippen molar-refractivity contribution < 1.29 is 4.79 Å². The first-order valence-electron chi connectivity index (χ1n) is 7.48. The average Bonchev–Trinajstić information content (AvgIpc) is 3.23. The van der Waals surface area contributed by atoms with Gasteiger partial charge in [-0.25, -0.2) is 0 Å². The average molecular weight is 304 g/mol. The number of hydrogen-bond donors (Lipinski definition) is 0. The van der Waals surface area contributed by atoms with Crippen molar-refractivity contribution in [2.24, 2.45) is 5.92 Å². The number of amides is 1. The van der Waals surface area contributed by atoms with Crippen molar-refractivity contribution in [2.75, 3.05) is 18.8 Å². The summed E-state index contributed by atoms with van der Waals surface area (Å²) in [7, 11) is 0. The summed E-state index contributed by atoms with van der Waals surface area (Å²) >= 11 is 1.46. The fourth-order valence-corrected chi connectivity index (χ4v) is 3.16. The SMILES string of the molecule is CCCN(CC1CC1)C(=O)CSc1nnc2ccccn12. The summed E-state index contributed by atoms with van der Waals surface area (Å²) in [5, 5.41) is 9.03. The van der Waals surface area contributed by atoms with Gasteiger partial charge >= 0.3 is 0 Å². The smallest absolute Gasteiger partial charge is 0.233 e. The number of hydrogen-bond acceptors (Lipinski definition) is 4. The molecule has 0 N–H and O–H groups in total. The molecule has 0 atom stereocenters. The highest BCUT2D eigenvalue weighted by Crippen LogP contribution is 2.30. The van der Waals surface area contributed by atoms with E-state index in [9.17, 15) is 4.79 Å². The van der Waals surface area contributed by atoms with Gasteiger partial charge in [-0.3, -0.25) is 9.20 Å². The maximum absolute atomic E-state index is 12.4. The van der Waals surface area contributed by atoms with Gasteiger partial charge in [-0.1, -0.05) is 24.8 Å². The second-order valence-electron chi connectivity index (χ2n) is 5.48. The molecule has 1 saturated carbocycles. The van der Waals surface area contributed by atoms with E-state index in [1.165, 1.54) is 24.6 Å². The molecule has 2 aromatic rings. The zero-order chi connectivity index (χ0) is 14.7. The summed E-state index contributed by atoms with van der Waals surface area (Å²) in [6.45, 7) is 3.90. The summed E-state index contributed by atoms with van der Waals surface area (Å²) in [4.78, 5) is 14.4. The lowest BCUT2D eigenvalue weighted by molar-refractivity contribution is -0.128. The molecule has 1 aliphatic rings. The van der Waals surface area contributed by atoms with Crippen LogP contribution in [-0.4, -0.2) is 44.2 Å². The minimum atomic E-state index is 0.210. The maximum atomic E-state index is 12.4. The molecule has 0 radical (unpaired) electrons. The van der Waals surface area contributed by atoms with E-state index in [1.54, 1.807) is 0 Å². The molecule has 112 valence electrons. The number of pyridine rings is 1. The molecule has 6 heteroatoms. The van der Waals surface area contributed by atoms with Gasteiger partial charge in [-0.15, -0.1) is 10.2 Å². The summed E-state index contributed by atoms with van der Waals surface area (Å²) in [5.74, 6) is 1.38. The van der Waals surface area contributed by atoms with Crippen LogP contribution in [0.3, 0.4) is 0 Å². The van der Waals surface area contributed by atoms with E-state index in [4.69, 9.17) is 0 Å². The molecule has 0 spiro atoms. The van der Waals surface area contributed by atoms with Gasteiger partial charge in [0.15, 0.2) is 10.8 Å². The van der Waals surface area contributed by atoms with Crippen molar-refractivity contribution in [3.8, 4) is 0 Å². The number of carbonyl (C=O) groups excluding carboxylic acids is 1. The molecule has 3 rings (SSSR count). The predicted octanol–water partition coefficient (Wildman–Crippen LogP) is 2.47. The van der Waals surface area contributed by atoms with Crippen molar-refractivity contribution in [3.63, 3.8) is 0 Å². The van der Waals surface area contributed by atoms with Crippen LogP contribution >= 0.6 is 11.8 Å². The zero-order valence-electron chi connectivity index (χ0n) is 12.2. The Morgan fingerprint density at radius 1 is 1.43 bits per heavy atom. The summed E-state index contributed by atoms with van der Waals surface area (Å²) < 4.78 is 1.92. The first-order chi connectivity index (χ1) is 10.3. The van der Waals surface area contributed by atoms with Gasteiger partial charge in [0.25, 0.3) is 0 Å². The fourth-order valence-electron chi connectivity index (χ4n) is 2.34. The Morgan fingerprint density at radius 3 is 3.05 bits per heavy atom. The molecule has 0 aliphatic heterocycles. The first-order valence-corrected chi connectivity index (χ1v) is 8.47. The Morgan fingerprint density at radius 2 is 2.29 bits per heavy atom. The van der Waals surface area contributed by atoms with E-state index in [1.807, 2.05) is 33.7 Å². The minimum Gasteiger partial charge on any atom is -0.342 e. The Kier molecular flexibility index (Phi) is 4.43. The van der Waals surface area contributed by atoms with Crippen LogP contribution < -0.4 is 0 Å². The van der Waals surface area contributed by atoms with Crippen LogP contribution in [0.5, 0.6) is 0 Å². The molecule has 0 bridgehead atoms. The molecule has 5 nitrogen and oxygen atoms in total. The fraction of sp³-hybridized carbons (Fsp3) is 0.533. The molecular weight excluding hydrogens is 284 g/mol. The topological polar surface area (TPSA) is 50.5 Å². The second-order valence-corrected chi connectivity index (χ2v) is 6.43. The molecule has 0 unspecified atom stereocenters. The van der Waals surface area contributed by atoms with E-state index in [0.717, 1.165) is 36.2 Å². The van der Waals surface area contributed by atoms with Gasteiger partial charge in [0.2, 0.25) is 5.91 Å². The largest absolute Gasteiger partial charge is 0.342 e. The highest BCUT2D eigenvalue weighted by atomic mass is 32.2. The lowest BCUT2D eigenvalue weighted by Crippen LogP contribution is -2.34. The number of nitrogens with zero attached hydrogens (tertiary/aromatic N) is 4. The normalized spacial score (nSPS) is 14.5. The summed E-state index contributed by atoms with van der Waals surface area (Å²) in [6, 6.07) is 5.79. The molecule has 2 heterocycles. The van der Waals surface area contributed by atoms with E-state index < -0.39 is 0 Å². The van der Waals surface area contributed by atoms with Crippen molar-refractivity contribution in [2.45, 2.75) is 31.3 Å². The number of aromatic nitrogens is 3. The highest BCUT2D eigenvalue weighted by molar-refractivity contribution is 7.99. The molecule has 21 heavy (non-hydrogen) atoms. The second kappa shape index (κ2) is 6.47. The minimum absolute atomic E-state index is 0.210. The Balaban J connectivity index is 1.61. The molecule has 1 fully saturated rings. The third kappa shape index (κ3) is 3.56. The van der Waals surface area contributed by atoms with Gasteiger partial charge in [-0.2, -0.15) is 0 Å². The molecule has 1 amide bonds. The standard InChI is InChI=1S/C15H20N4OS/c1-2-8-18(10-12-6-7-12)14(20)11-21-15-17-16-13-5-3-4-9-19(13)15/h3-5,9,12H,2,6-8,10-11H2,1H3. The quantitative estimate of drug-likeness (QED) is 0.737. The lowest BCUT2D eigenvalue weighted by atomic mass is 10.3. The van der Waals surface area contributed by atoms with Crippen molar-refractivity contribution in [1.29, 1.82) is 0 Å². The molecule has 0 aromatic carbocycles. The van der Waals surface area contributed by atoms with E-state index in [2.05, 4.69) is 17.1 Å². The molecule has 1 aliphatic carbocycles. The van der Waals surface area contributed by atoms with Crippen LogP contribution in [-0.2, 0) is 4.79 Å². The van der Waals surface area contributed by atoms with E-state index in [0.29, 0.717) is 5.75 Å². The summed E-state index contributed by atoms with van der Waals surface area (Å²) in [6.07, 6.45) is 5.48. The van der Waals surface area contributed by atoms with Crippen molar-refractivity contribution in [3.05, 3.63) is 24.4 Å².